The highest BCUT2D eigenvalue weighted by molar-refractivity contribution is 14.1. The van der Waals surface area contributed by atoms with Crippen LogP contribution in [0.4, 0.5) is 0 Å². The van der Waals surface area contributed by atoms with Crippen LogP contribution in [0, 0.1) is 3.57 Å². The molecule has 0 radical (unpaired) electrons. The molecule has 0 saturated carbocycles. The van der Waals surface area contributed by atoms with E-state index in [0.29, 0.717) is 23.9 Å². The summed E-state index contributed by atoms with van der Waals surface area (Å²) in [5.41, 5.74) is 0.532. The molecular weight excluding hydrogens is 347 g/mol. The summed E-state index contributed by atoms with van der Waals surface area (Å²) >= 11 is 2.16. The molecule has 1 aromatic heterocycles. The van der Waals surface area contributed by atoms with Crippen molar-refractivity contribution in [2.75, 3.05) is 6.61 Å². The third kappa shape index (κ3) is 2.81. The van der Waals surface area contributed by atoms with Crippen LogP contribution < -0.4 is 0 Å². The summed E-state index contributed by atoms with van der Waals surface area (Å²) in [6, 6.07) is 5.20. The SMILES string of the molecule is CCOC(C)c1noc(-c2cc(I)ccc2O)n1. The lowest BCUT2D eigenvalue weighted by molar-refractivity contribution is 0.0683. The fraction of sp³-hybridized carbons (Fsp3) is 0.333. The molecule has 0 aliphatic rings. The Kier molecular flexibility index (Phi) is 4.18. The number of aromatic nitrogens is 2. The van der Waals surface area contributed by atoms with Gasteiger partial charge in [0.05, 0.1) is 5.56 Å². The van der Waals surface area contributed by atoms with Crippen molar-refractivity contribution in [3.63, 3.8) is 0 Å². The first-order valence-corrected chi connectivity index (χ1v) is 6.63. The van der Waals surface area contributed by atoms with Gasteiger partial charge in [-0.15, -0.1) is 0 Å². The monoisotopic (exact) mass is 360 g/mol. The summed E-state index contributed by atoms with van der Waals surface area (Å²) in [4.78, 5) is 4.23. The molecule has 0 fully saturated rings. The van der Waals surface area contributed by atoms with Crippen LogP contribution in [-0.2, 0) is 4.74 Å². The van der Waals surface area contributed by atoms with Crippen molar-refractivity contribution < 1.29 is 14.4 Å². The van der Waals surface area contributed by atoms with Crippen LogP contribution in [0.15, 0.2) is 22.7 Å². The van der Waals surface area contributed by atoms with Crippen LogP contribution in [0.25, 0.3) is 11.5 Å². The number of rotatable bonds is 4. The van der Waals surface area contributed by atoms with E-state index in [2.05, 4.69) is 32.7 Å². The lowest BCUT2D eigenvalue weighted by Gasteiger charge is -2.04. The van der Waals surface area contributed by atoms with Gasteiger partial charge in [-0.1, -0.05) is 5.16 Å². The number of benzene rings is 1. The number of hydrogen-bond donors (Lipinski definition) is 1. The average molecular weight is 360 g/mol. The number of aromatic hydroxyl groups is 1. The Morgan fingerprint density at radius 3 is 3.00 bits per heavy atom. The highest BCUT2D eigenvalue weighted by atomic mass is 127. The summed E-state index contributed by atoms with van der Waals surface area (Å²) in [6.45, 7) is 4.34. The molecule has 1 N–H and O–H groups in total. The second-order valence-corrected chi connectivity index (χ2v) is 4.96. The second-order valence-electron chi connectivity index (χ2n) is 3.72. The van der Waals surface area contributed by atoms with Crippen LogP contribution >= 0.6 is 22.6 Å². The van der Waals surface area contributed by atoms with Crippen molar-refractivity contribution in [1.29, 1.82) is 0 Å². The van der Waals surface area contributed by atoms with E-state index in [-0.39, 0.29) is 11.9 Å². The van der Waals surface area contributed by atoms with E-state index in [9.17, 15) is 5.11 Å². The molecular formula is C12H13IN2O3. The average Bonchev–Trinajstić information content (AvgIpc) is 2.82. The van der Waals surface area contributed by atoms with E-state index < -0.39 is 0 Å². The van der Waals surface area contributed by atoms with Crippen LogP contribution in [0.1, 0.15) is 25.8 Å². The Hall–Kier alpha value is -1.15. The lowest BCUT2D eigenvalue weighted by atomic mass is 10.2. The molecule has 0 spiro atoms. The maximum atomic E-state index is 9.78. The predicted molar refractivity (Wildman–Crippen MR) is 74.2 cm³/mol. The first-order valence-electron chi connectivity index (χ1n) is 5.56. The van der Waals surface area contributed by atoms with Crippen molar-refractivity contribution in [2.24, 2.45) is 0 Å². The standard InChI is InChI=1S/C12H13IN2O3/c1-3-17-7(2)11-14-12(18-15-11)9-6-8(13)4-5-10(9)16/h4-7,16H,3H2,1-2H3. The topological polar surface area (TPSA) is 68.4 Å². The van der Waals surface area contributed by atoms with Crippen molar-refractivity contribution in [3.05, 3.63) is 27.6 Å². The van der Waals surface area contributed by atoms with E-state index in [1.807, 2.05) is 13.8 Å². The zero-order valence-electron chi connectivity index (χ0n) is 10.1. The minimum atomic E-state index is -0.225. The molecule has 18 heavy (non-hydrogen) atoms. The van der Waals surface area contributed by atoms with E-state index in [1.165, 1.54) is 0 Å². The molecule has 0 aliphatic carbocycles. The van der Waals surface area contributed by atoms with Gasteiger partial charge >= 0.3 is 0 Å². The summed E-state index contributed by atoms with van der Waals surface area (Å²) in [5, 5.41) is 13.6. The van der Waals surface area contributed by atoms with Gasteiger partial charge in [0.1, 0.15) is 11.9 Å². The normalized spacial score (nSPS) is 12.6. The zero-order chi connectivity index (χ0) is 13.1. The first-order chi connectivity index (χ1) is 8.61. The van der Waals surface area contributed by atoms with Crippen molar-refractivity contribution in [1.82, 2.24) is 10.1 Å². The maximum absolute atomic E-state index is 9.78. The second kappa shape index (κ2) is 5.66. The molecule has 1 aromatic carbocycles. The van der Waals surface area contributed by atoms with Gasteiger partial charge in [0.2, 0.25) is 5.82 Å². The summed E-state index contributed by atoms with van der Waals surface area (Å²) in [6.07, 6.45) is -0.225. The molecule has 1 heterocycles. The summed E-state index contributed by atoms with van der Waals surface area (Å²) in [7, 11) is 0. The van der Waals surface area contributed by atoms with Crippen molar-refractivity contribution in [3.8, 4) is 17.2 Å². The number of phenolic OH excluding ortho intramolecular Hbond substituents is 1. The molecule has 6 heteroatoms. The molecule has 0 bridgehead atoms. The fourth-order valence-electron chi connectivity index (χ4n) is 1.51. The van der Waals surface area contributed by atoms with Gasteiger partial charge in [0.25, 0.3) is 5.89 Å². The number of ether oxygens (including phenoxy) is 1. The third-order valence-corrected chi connectivity index (χ3v) is 3.08. The third-order valence-electron chi connectivity index (χ3n) is 2.41. The molecule has 1 unspecified atom stereocenters. The van der Waals surface area contributed by atoms with Gasteiger partial charge in [0, 0.05) is 10.2 Å². The minimum Gasteiger partial charge on any atom is -0.507 e. The van der Waals surface area contributed by atoms with Gasteiger partial charge in [-0.3, -0.25) is 0 Å². The van der Waals surface area contributed by atoms with E-state index in [1.54, 1.807) is 18.2 Å². The van der Waals surface area contributed by atoms with Crippen LogP contribution in [0.3, 0.4) is 0 Å². The van der Waals surface area contributed by atoms with E-state index >= 15 is 0 Å². The minimum absolute atomic E-state index is 0.120. The molecule has 0 amide bonds. The van der Waals surface area contributed by atoms with Gasteiger partial charge in [-0.25, -0.2) is 0 Å². The van der Waals surface area contributed by atoms with Crippen LogP contribution in [-0.4, -0.2) is 21.9 Å². The Bertz CT molecular complexity index is 542. The molecule has 0 aliphatic heterocycles. The largest absolute Gasteiger partial charge is 0.507 e. The Labute approximate surface area is 118 Å². The quantitative estimate of drug-likeness (QED) is 0.849. The molecule has 2 rings (SSSR count). The summed E-state index contributed by atoms with van der Waals surface area (Å²) < 4.78 is 11.5. The summed E-state index contributed by atoms with van der Waals surface area (Å²) in [5.74, 6) is 0.896. The highest BCUT2D eigenvalue weighted by Crippen LogP contribution is 2.30. The van der Waals surface area contributed by atoms with Gasteiger partial charge in [-0.2, -0.15) is 4.98 Å². The molecule has 2 aromatic rings. The lowest BCUT2D eigenvalue weighted by Crippen LogP contribution is -2.01. The van der Waals surface area contributed by atoms with Crippen molar-refractivity contribution in [2.45, 2.75) is 20.0 Å². The Morgan fingerprint density at radius 2 is 2.28 bits per heavy atom. The Morgan fingerprint density at radius 1 is 1.50 bits per heavy atom. The Balaban J connectivity index is 2.32. The molecule has 5 nitrogen and oxygen atoms in total. The highest BCUT2D eigenvalue weighted by Gasteiger charge is 2.17. The number of phenols is 1. The number of halogens is 1. The van der Waals surface area contributed by atoms with Gasteiger partial charge in [-0.05, 0) is 54.6 Å². The zero-order valence-corrected chi connectivity index (χ0v) is 12.2. The van der Waals surface area contributed by atoms with Crippen LogP contribution in [0.2, 0.25) is 0 Å². The molecule has 96 valence electrons. The number of nitrogens with zero attached hydrogens (tertiary/aromatic N) is 2. The fourth-order valence-corrected chi connectivity index (χ4v) is 2.00. The van der Waals surface area contributed by atoms with E-state index in [4.69, 9.17) is 9.26 Å². The molecule has 0 saturated heterocycles. The predicted octanol–water partition coefficient (Wildman–Crippen LogP) is 3.14. The van der Waals surface area contributed by atoms with Crippen LogP contribution in [0.5, 0.6) is 5.75 Å². The van der Waals surface area contributed by atoms with Gasteiger partial charge in [0.15, 0.2) is 0 Å². The van der Waals surface area contributed by atoms with Crippen molar-refractivity contribution >= 4 is 22.6 Å². The smallest absolute Gasteiger partial charge is 0.261 e. The van der Waals surface area contributed by atoms with Gasteiger partial charge < -0.3 is 14.4 Å². The first kappa shape index (κ1) is 13.3. The number of hydrogen-bond acceptors (Lipinski definition) is 5. The maximum Gasteiger partial charge on any atom is 0.261 e. The van der Waals surface area contributed by atoms with E-state index in [0.717, 1.165) is 3.57 Å². The molecule has 1 atom stereocenters.